The Balaban J connectivity index is 0.000000266. The summed E-state index contributed by atoms with van der Waals surface area (Å²) in [5.74, 6) is 0.824. The monoisotopic (exact) mass is 495 g/mol. The summed E-state index contributed by atoms with van der Waals surface area (Å²) in [5.41, 5.74) is 11.7. The number of carbonyl (C=O) groups is 2. The van der Waals surface area contributed by atoms with Crippen LogP contribution in [-0.4, -0.2) is 25.3 Å². The van der Waals surface area contributed by atoms with Gasteiger partial charge >= 0.3 is 0 Å². The molecule has 6 nitrogen and oxygen atoms in total. The van der Waals surface area contributed by atoms with E-state index in [1.165, 1.54) is 5.57 Å². The largest absolute Gasteiger partial charge is 0.497 e. The van der Waals surface area contributed by atoms with E-state index in [2.05, 4.69) is 24.1 Å². The number of nitrogens with one attached hydrogen (secondary N) is 1. The molecular weight excluding hydrogens is 462 g/mol. The van der Waals surface area contributed by atoms with E-state index in [9.17, 15) is 9.59 Å². The van der Waals surface area contributed by atoms with E-state index < -0.39 is 0 Å². The van der Waals surface area contributed by atoms with E-state index in [4.69, 9.17) is 22.1 Å². The number of hydrogen-bond donors (Lipinski definition) is 2. The third-order valence-corrected chi connectivity index (χ3v) is 6.82. The van der Waals surface area contributed by atoms with Crippen LogP contribution >= 0.6 is 11.6 Å². The van der Waals surface area contributed by atoms with Crippen LogP contribution in [-0.2, 0) is 4.79 Å². The van der Waals surface area contributed by atoms with Crippen molar-refractivity contribution in [2.24, 2.45) is 5.73 Å². The molecule has 0 saturated carbocycles. The van der Waals surface area contributed by atoms with Crippen LogP contribution in [0.4, 0.5) is 5.69 Å². The molecule has 0 aliphatic carbocycles. The maximum absolute atomic E-state index is 12.6. The first kappa shape index (κ1) is 26.5. The molecule has 2 aromatic rings. The highest BCUT2D eigenvalue weighted by Crippen LogP contribution is 2.45. The number of ether oxygens (including phenoxy) is 1. The quantitative estimate of drug-likeness (QED) is 0.399. The van der Waals surface area contributed by atoms with Crippen LogP contribution < -0.4 is 20.7 Å². The normalized spacial score (nSPS) is 19.3. The molecule has 2 aromatic carbocycles. The van der Waals surface area contributed by atoms with Crippen LogP contribution in [0.3, 0.4) is 0 Å². The van der Waals surface area contributed by atoms with Crippen molar-refractivity contribution in [3.8, 4) is 5.75 Å². The van der Waals surface area contributed by atoms with Crippen LogP contribution in [0, 0.1) is 0 Å². The minimum atomic E-state index is -0.236. The molecule has 0 saturated heterocycles. The van der Waals surface area contributed by atoms with Crippen LogP contribution in [0.25, 0.3) is 0 Å². The average Bonchev–Trinajstić information content (AvgIpc) is 2.86. The van der Waals surface area contributed by atoms with Gasteiger partial charge in [0.1, 0.15) is 11.9 Å². The number of ketones is 1. The number of anilines is 1. The van der Waals surface area contributed by atoms with Gasteiger partial charge in [-0.15, -0.1) is 0 Å². The SMILES string of the molecule is CC/C(C)=C/C=C(\C)C(C)=O.COc1ccc([C@H]2NC(=O)c3ccc(Cl)c4c3N2CC[C@@H]4N)cc1. The van der Waals surface area contributed by atoms with E-state index in [0.717, 1.165) is 47.5 Å². The Hall–Kier alpha value is -3.09. The van der Waals surface area contributed by atoms with Gasteiger partial charge in [-0.3, -0.25) is 9.59 Å². The smallest absolute Gasteiger partial charge is 0.255 e. The molecular formula is C28H34ClN3O3. The maximum Gasteiger partial charge on any atom is 0.255 e. The van der Waals surface area contributed by atoms with Gasteiger partial charge < -0.3 is 20.7 Å². The number of nitrogens with two attached hydrogens (primary N) is 1. The van der Waals surface area contributed by atoms with Gasteiger partial charge in [-0.25, -0.2) is 0 Å². The number of methoxy groups -OCH3 is 1. The summed E-state index contributed by atoms with van der Waals surface area (Å²) in [7, 11) is 1.63. The van der Waals surface area contributed by atoms with Crippen LogP contribution in [0.2, 0.25) is 5.02 Å². The molecule has 0 radical (unpaired) electrons. The minimum absolute atomic E-state index is 0.103. The number of Topliss-reactive ketones (excluding diaryl/α,β-unsaturated/α-hetero) is 1. The molecule has 7 heteroatoms. The molecule has 2 atom stereocenters. The fourth-order valence-corrected chi connectivity index (χ4v) is 4.35. The molecule has 4 rings (SSSR count). The molecule has 186 valence electrons. The average molecular weight is 496 g/mol. The molecule has 2 aliphatic heterocycles. The molecule has 1 amide bonds. The van der Waals surface area contributed by atoms with Gasteiger partial charge in [0.15, 0.2) is 5.78 Å². The second kappa shape index (κ2) is 11.6. The summed E-state index contributed by atoms with van der Waals surface area (Å²) in [6.07, 6.45) is 5.47. The number of nitrogens with zero attached hydrogens (tertiary/aromatic N) is 1. The first-order valence-corrected chi connectivity index (χ1v) is 12.2. The van der Waals surface area contributed by atoms with E-state index in [1.54, 1.807) is 26.2 Å². The molecule has 0 fully saturated rings. The first-order chi connectivity index (χ1) is 16.7. The molecule has 0 bridgehead atoms. The van der Waals surface area contributed by atoms with Crippen LogP contribution in [0.1, 0.15) is 74.2 Å². The second-order valence-corrected chi connectivity index (χ2v) is 9.27. The van der Waals surface area contributed by atoms with Gasteiger partial charge in [-0.2, -0.15) is 0 Å². The van der Waals surface area contributed by atoms with E-state index >= 15 is 0 Å². The highest BCUT2D eigenvalue weighted by molar-refractivity contribution is 6.32. The van der Waals surface area contributed by atoms with Crippen molar-refractivity contribution in [2.75, 3.05) is 18.6 Å². The molecule has 3 N–H and O–H groups in total. The van der Waals surface area contributed by atoms with E-state index in [-0.39, 0.29) is 23.9 Å². The van der Waals surface area contributed by atoms with Crippen molar-refractivity contribution in [1.29, 1.82) is 0 Å². The highest BCUT2D eigenvalue weighted by Gasteiger charge is 2.38. The number of allylic oxidation sites excluding steroid dienone is 4. The third kappa shape index (κ3) is 5.95. The highest BCUT2D eigenvalue weighted by atomic mass is 35.5. The molecule has 0 aromatic heterocycles. The summed E-state index contributed by atoms with van der Waals surface area (Å²) in [5, 5.41) is 3.70. The van der Waals surface area contributed by atoms with Crippen molar-refractivity contribution in [3.63, 3.8) is 0 Å². The lowest BCUT2D eigenvalue weighted by Crippen LogP contribution is -2.49. The number of halogens is 1. The number of carbonyl (C=O) groups excluding carboxylic acids is 2. The molecule has 0 spiro atoms. The number of amides is 1. The molecule has 0 unspecified atom stereocenters. The number of benzene rings is 2. The zero-order valence-electron chi connectivity index (χ0n) is 21.0. The van der Waals surface area contributed by atoms with Gasteiger partial charge in [-0.05, 0) is 69.0 Å². The fraction of sp³-hybridized carbons (Fsp3) is 0.357. The minimum Gasteiger partial charge on any atom is -0.497 e. The lowest BCUT2D eigenvalue weighted by Gasteiger charge is -2.44. The Morgan fingerprint density at radius 1 is 1.17 bits per heavy atom. The topological polar surface area (TPSA) is 84.7 Å². The lowest BCUT2D eigenvalue weighted by molar-refractivity contribution is -0.113. The van der Waals surface area contributed by atoms with Crippen molar-refractivity contribution in [2.45, 2.75) is 52.7 Å². The zero-order valence-corrected chi connectivity index (χ0v) is 21.8. The summed E-state index contributed by atoms with van der Waals surface area (Å²) in [4.78, 5) is 25.5. The van der Waals surface area contributed by atoms with Crippen molar-refractivity contribution in [3.05, 3.63) is 81.4 Å². The van der Waals surface area contributed by atoms with Gasteiger partial charge in [0.25, 0.3) is 5.91 Å². The Morgan fingerprint density at radius 2 is 1.86 bits per heavy atom. The molecule has 35 heavy (non-hydrogen) atoms. The summed E-state index contributed by atoms with van der Waals surface area (Å²) in [6, 6.07) is 11.1. The number of rotatable bonds is 5. The second-order valence-electron chi connectivity index (χ2n) is 8.87. The predicted molar refractivity (Wildman–Crippen MR) is 142 cm³/mol. The standard InChI is InChI=1S/C18H18ClN3O2.C10H16O/c1-24-11-4-2-10(3-5-11)17-21-18(23)12-6-7-13(19)15-14(20)8-9-22(17)16(12)15;1-5-8(2)6-7-9(3)10(4)11/h2-7,14,17H,8-9,20H2,1H3,(H,21,23);6-7H,5H2,1-4H3/b;8-6+,9-7+/t14-,17-;/m0./s1. The summed E-state index contributed by atoms with van der Waals surface area (Å²) < 4.78 is 5.21. The van der Waals surface area contributed by atoms with Gasteiger partial charge in [0.2, 0.25) is 0 Å². The third-order valence-electron chi connectivity index (χ3n) is 6.49. The van der Waals surface area contributed by atoms with Gasteiger partial charge in [0, 0.05) is 23.2 Å². The van der Waals surface area contributed by atoms with Crippen LogP contribution in [0.5, 0.6) is 5.75 Å². The van der Waals surface area contributed by atoms with E-state index in [1.807, 2.05) is 43.3 Å². The van der Waals surface area contributed by atoms with Gasteiger partial charge in [0.05, 0.1) is 18.4 Å². The van der Waals surface area contributed by atoms with Crippen LogP contribution in [0.15, 0.2) is 59.7 Å². The molecule has 2 heterocycles. The zero-order chi connectivity index (χ0) is 25.7. The predicted octanol–water partition coefficient (Wildman–Crippen LogP) is 5.88. The van der Waals surface area contributed by atoms with Gasteiger partial charge in [-0.1, -0.05) is 48.4 Å². The Kier molecular flexibility index (Phi) is 8.76. The Morgan fingerprint density at radius 3 is 2.46 bits per heavy atom. The van der Waals surface area contributed by atoms with Crippen molar-refractivity contribution < 1.29 is 14.3 Å². The summed E-state index contributed by atoms with van der Waals surface area (Å²) in [6.45, 7) is 8.34. The van der Waals surface area contributed by atoms with E-state index in [0.29, 0.717) is 10.6 Å². The number of hydrogen-bond acceptors (Lipinski definition) is 5. The molecule has 2 aliphatic rings. The maximum atomic E-state index is 12.6. The fourth-order valence-electron chi connectivity index (χ4n) is 4.05. The lowest BCUT2D eigenvalue weighted by atomic mass is 9.90. The first-order valence-electron chi connectivity index (χ1n) is 11.8. The Bertz CT molecular complexity index is 1150. The Labute approximate surface area is 212 Å². The summed E-state index contributed by atoms with van der Waals surface area (Å²) >= 11 is 6.38. The van der Waals surface area contributed by atoms with Crippen molar-refractivity contribution in [1.82, 2.24) is 5.32 Å². The van der Waals surface area contributed by atoms with Crippen molar-refractivity contribution >= 4 is 29.0 Å².